The van der Waals surface area contributed by atoms with Crippen LogP contribution in [-0.2, 0) is 14.3 Å². The van der Waals surface area contributed by atoms with Crippen molar-refractivity contribution < 1.29 is 19.4 Å². The van der Waals surface area contributed by atoms with Crippen LogP contribution in [0.3, 0.4) is 0 Å². The van der Waals surface area contributed by atoms with Gasteiger partial charge in [0.25, 0.3) is 0 Å². The van der Waals surface area contributed by atoms with Gasteiger partial charge in [-0.05, 0) is 18.1 Å². The van der Waals surface area contributed by atoms with Gasteiger partial charge in [0.1, 0.15) is 5.41 Å². The molecule has 0 bridgehead atoms. The summed E-state index contributed by atoms with van der Waals surface area (Å²) >= 11 is 2.16. The number of rotatable bonds is 1. The van der Waals surface area contributed by atoms with Crippen LogP contribution < -0.4 is 0 Å². The summed E-state index contributed by atoms with van der Waals surface area (Å²) < 4.78 is 6.91. The SMILES string of the molecule is COC(=O)[C@]12C/C(=C/O)C(=O)C=C1CCN(I)C2. The third kappa shape index (κ3) is 2.07. The molecule has 5 nitrogen and oxygen atoms in total. The molecule has 2 rings (SSSR count). The Balaban J connectivity index is 2.49. The fourth-order valence-corrected chi connectivity index (χ4v) is 3.39. The zero-order valence-electron chi connectivity index (χ0n) is 9.98. The third-order valence-corrected chi connectivity index (χ3v) is 4.35. The molecule has 1 heterocycles. The summed E-state index contributed by atoms with van der Waals surface area (Å²) in [6.07, 6.45) is 3.15. The first kappa shape index (κ1) is 13.5. The number of aliphatic hydroxyl groups excluding tert-OH is 1. The summed E-state index contributed by atoms with van der Waals surface area (Å²) in [6.45, 7) is 1.30. The number of aliphatic hydroxyl groups is 1. The van der Waals surface area contributed by atoms with Crippen molar-refractivity contribution in [3.63, 3.8) is 0 Å². The van der Waals surface area contributed by atoms with Gasteiger partial charge in [-0.2, -0.15) is 0 Å². The number of carbonyl (C=O) groups is 2. The number of hydrogen-bond donors (Lipinski definition) is 1. The quantitative estimate of drug-likeness (QED) is 0.252. The normalized spacial score (nSPS) is 30.9. The molecule has 2 aliphatic rings. The summed E-state index contributed by atoms with van der Waals surface area (Å²) in [5, 5.41) is 9.11. The van der Waals surface area contributed by atoms with Crippen LogP contribution in [-0.4, -0.2) is 40.2 Å². The second kappa shape index (κ2) is 5.00. The molecule has 0 radical (unpaired) electrons. The Morgan fingerprint density at radius 2 is 2.39 bits per heavy atom. The van der Waals surface area contributed by atoms with Gasteiger partial charge in [0, 0.05) is 47.9 Å². The number of ether oxygens (including phenoxy) is 1. The Morgan fingerprint density at radius 3 is 3.00 bits per heavy atom. The van der Waals surface area contributed by atoms with Gasteiger partial charge in [-0.25, -0.2) is 3.11 Å². The molecule has 1 aliphatic carbocycles. The van der Waals surface area contributed by atoms with Crippen molar-refractivity contribution in [3.05, 3.63) is 23.5 Å². The zero-order chi connectivity index (χ0) is 13.3. The minimum atomic E-state index is -0.823. The van der Waals surface area contributed by atoms with E-state index in [0.717, 1.165) is 18.4 Å². The molecule has 1 fully saturated rings. The lowest BCUT2D eigenvalue weighted by Gasteiger charge is -2.42. The minimum Gasteiger partial charge on any atom is -0.515 e. The van der Waals surface area contributed by atoms with Gasteiger partial charge in [-0.1, -0.05) is 0 Å². The fourth-order valence-electron chi connectivity index (χ4n) is 2.57. The highest BCUT2D eigenvalue weighted by atomic mass is 127. The third-order valence-electron chi connectivity index (χ3n) is 3.53. The number of hydrogen-bond acceptors (Lipinski definition) is 5. The molecule has 18 heavy (non-hydrogen) atoms. The lowest BCUT2D eigenvalue weighted by Crippen LogP contribution is -2.49. The molecule has 1 saturated heterocycles. The van der Waals surface area contributed by atoms with Crippen LogP contribution in [0.15, 0.2) is 23.5 Å². The van der Waals surface area contributed by atoms with Gasteiger partial charge in [-0.3, -0.25) is 9.59 Å². The Morgan fingerprint density at radius 1 is 1.67 bits per heavy atom. The highest BCUT2D eigenvalue weighted by Gasteiger charge is 2.50. The zero-order valence-corrected chi connectivity index (χ0v) is 12.1. The summed E-state index contributed by atoms with van der Waals surface area (Å²) in [6, 6.07) is 0. The molecule has 98 valence electrons. The number of carbonyl (C=O) groups excluding carboxylic acids is 2. The molecule has 0 aromatic rings. The molecule has 0 saturated carbocycles. The summed E-state index contributed by atoms with van der Waals surface area (Å²) in [7, 11) is 1.35. The topological polar surface area (TPSA) is 66.8 Å². The first-order chi connectivity index (χ1) is 8.53. The average Bonchev–Trinajstić information content (AvgIpc) is 2.37. The highest BCUT2D eigenvalue weighted by Crippen LogP contribution is 2.45. The number of esters is 1. The maximum absolute atomic E-state index is 12.1. The number of nitrogens with zero attached hydrogens (tertiary/aromatic N) is 1. The monoisotopic (exact) mass is 363 g/mol. The summed E-state index contributed by atoms with van der Waals surface area (Å²) in [4.78, 5) is 23.9. The summed E-state index contributed by atoms with van der Waals surface area (Å²) in [5.41, 5.74) is 0.255. The van der Waals surface area contributed by atoms with Crippen molar-refractivity contribution >= 4 is 34.6 Å². The van der Waals surface area contributed by atoms with Gasteiger partial charge in [0.15, 0.2) is 5.78 Å². The first-order valence-corrected chi connectivity index (χ1v) is 6.58. The molecule has 0 spiro atoms. The van der Waals surface area contributed by atoms with E-state index in [1.54, 1.807) is 0 Å². The maximum Gasteiger partial charge on any atom is 0.317 e. The predicted octanol–water partition coefficient (Wildman–Crippen LogP) is 1.54. The minimum absolute atomic E-state index is 0.209. The summed E-state index contributed by atoms with van der Waals surface area (Å²) in [5.74, 6) is -0.559. The molecular weight excluding hydrogens is 349 g/mol. The van der Waals surface area contributed by atoms with E-state index in [1.165, 1.54) is 13.2 Å². The molecule has 0 unspecified atom stereocenters. The number of allylic oxidation sites excluding steroid dienone is 2. The Kier molecular flexibility index (Phi) is 3.76. The molecule has 1 atom stereocenters. The van der Waals surface area contributed by atoms with Crippen LogP contribution in [0, 0.1) is 5.41 Å². The first-order valence-electron chi connectivity index (χ1n) is 5.61. The van der Waals surface area contributed by atoms with E-state index in [0.29, 0.717) is 13.0 Å². The van der Waals surface area contributed by atoms with E-state index in [-0.39, 0.29) is 23.7 Å². The standard InChI is InChI=1S/C12H14INO4/c1-18-11(17)12-5-8(6-15)10(16)4-9(12)2-3-14(13)7-12/h4,6,15H,2-3,5,7H2,1H3/b8-6-/t12-/m0/s1. The second-order valence-electron chi connectivity index (χ2n) is 4.53. The van der Waals surface area contributed by atoms with Gasteiger partial charge >= 0.3 is 5.97 Å². The largest absolute Gasteiger partial charge is 0.515 e. The molecule has 0 amide bonds. The molecule has 0 aromatic carbocycles. The maximum atomic E-state index is 12.1. The van der Waals surface area contributed by atoms with Crippen LogP contribution in [0.1, 0.15) is 12.8 Å². The second-order valence-corrected chi connectivity index (χ2v) is 5.90. The van der Waals surface area contributed by atoms with Crippen molar-refractivity contribution in [2.75, 3.05) is 20.2 Å². The fraction of sp³-hybridized carbons (Fsp3) is 0.500. The van der Waals surface area contributed by atoms with E-state index in [2.05, 4.69) is 22.9 Å². The van der Waals surface area contributed by atoms with E-state index < -0.39 is 5.41 Å². The number of halogens is 1. The number of ketones is 1. The number of fused-ring (bicyclic) bond motifs is 1. The molecule has 1 aliphatic heterocycles. The van der Waals surface area contributed by atoms with Crippen molar-refractivity contribution in [3.8, 4) is 0 Å². The lowest BCUT2D eigenvalue weighted by molar-refractivity contribution is -0.151. The predicted molar refractivity (Wildman–Crippen MR) is 73.1 cm³/mol. The Hall–Kier alpha value is -0.890. The van der Waals surface area contributed by atoms with Gasteiger partial charge in [-0.15, -0.1) is 0 Å². The van der Waals surface area contributed by atoms with Crippen LogP contribution in [0.25, 0.3) is 0 Å². The average molecular weight is 363 g/mol. The van der Waals surface area contributed by atoms with E-state index in [4.69, 9.17) is 9.84 Å². The van der Waals surface area contributed by atoms with Crippen LogP contribution in [0.2, 0.25) is 0 Å². The molecule has 0 aromatic heterocycles. The van der Waals surface area contributed by atoms with E-state index in [9.17, 15) is 9.59 Å². The van der Waals surface area contributed by atoms with Crippen LogP contribution >= 0.6 is 22.9 Å². The van der Waals surface area contributed by atoms with Crippen molar-refractivity contribution in [2.45, 2.75) is 12.8 Å². The smallest absolute Gasteiger partial charge is 0.317 e. The van der Waals surface area contributed by atoms with E-state index >= 15 is 0 Å². The van der Waals surface area contributed by atoms with Crippen molar-refractivity contribution in [2.24, 2.45) is 5.41 Å². The van der Waals surface area contributed by atoms with E-state index in [1.807, 2.05) is 3.11 Å². The number of methoxy groups -OCH3 is 1. The van der Waals surface area contributed by atoms with Gasteiger partial charge < -0.3 is 9.84 Å². The van der Waals surface area contributed by atoms with Crippen molar-refractivity contribution in [1.82, 2.24) is 3.11 Å². The Bertz CT molecular complexity index is 457. The Labute approximate surface area is 119 Å². The molecular formula is C12H14INO4. The molecule has 1 N–H and O–H groups in total. The molecule has 6 heteroatoms. The van der Waals surface area contributed by atoms with Gasteiger partial charge in [0.05, 0.1) is 13.4 Å². The van der Waals surface area contributed by atoms with Crippen LogP contribution in [0.5, 0.6) is 0 Å². The van der Waals surface area contributed by atoms with Gasteiger partial charge in [0.2, 0.25) is 0 Å². The lowest BCUT2D eigenvalue weighted by atomic mass is 9.68. The number of piperidine rings is 1. The highest BCUT2D eigenvalue weighted by molar-refractivity contribution is 14.1. The van der Waals surface area contributed by atoms with Crippen LogP contribution in [0.4, 0.5) is 0 Å². The van der Waals surface area contributed by atoms with Crippen molar-refractivity contribution in [1.29, 1.82) is 0 Å².